The second kappa shape index (κ2) is 18.0. The van der Waals surface area contributed by atoms with E-state index < -0.39 is 26.2 Å². The van der Waals surface area contributed by atoms with Gasteiger partial charge in [0.2, 0.25) is 14.8 Å². The van der Waals surface area contributed by atoms with E-state index in [4.69, 9.17) is 25.9 Å². The number of halogens is 1. The maximum Gasteiger partial charge on any atom is 1.00 e. The summed E-state index contributed by atoms with van der Waals surface area (Å²) < 4.78 is 49.6. The molecule has 0 rings (SSSR count). The van der Waals surface area contributed by atoms with Crippen LogP contribution in [0.2, 0.25) is 0 Å². The van der Waals surface area contributed by atoms with Gasteiger partial charge in [0.05, 0.1) is 11.4 Å². The summed E-state index contributed by atoms with van der Waals surface area (Å²) in [6.07, 6.45) is 0. The van der Waals surface area contributed by atoms with Crippen molar-refractivity contribution >= 4 is 11.4 Å². The molecule has 0 aromatic rings. The minimum Gasteiger partial charge on any atom is -0.750 e. The molecular formula is HBrKNaO6S. The average molecular weight is 271 g/mol. The fourth-order valence-electron chi connectivity index (χ4n) is 0. The summed E-state index contributed by atoms with van der Waals surface area (Å²) in [4.78, 5) is 0. The molecule has 0 radical (unpaired) electrons. The van der Waals surface area contributed by atoms with Crippen LogP contribution in [0, 0.1) is 14.8 Å². The van der Waals surface area contributed by atoms with Crippen molar-refractivity contribution in [1.29, 1.82) is 0 Å². The minimum atomic E-state index is -3.65. The van der Waals surface area contributed by atoms with E-state index in [1.165, 1.54) is 0 Å². The number of rotatable bonds is 0. The number of hydrogen-bond acceptors (Lipinski definition) is 5. The SMILES string of the molecule is O=S([O-])O.[K+].[Na+].[O-][Br+2]([O-])[O-]. The van der Waals surface area contributed by atoms with Crippen LogP contribution in [0.5, 0.6) is 0 Å². The Balaban J connectivity index is -0.0000000300. The fraction of sp³-hybridized carbons (Fsp3) is 0. The summed E-state index contributed by atoms with van der Waals surface area (Å²) in [7, 11) is 0. The summed E-state index contributed by atoms with van der Waals surface area (Å²) in [5.41, 5.74) is 0. The van der Waals surface area contributed by atoms with E-state index in [0.717, 1.165) is 0 Å². The minimum absolute atomic E-state index is 0. The molecule has 52 valence electrons. The van der Waals surface area contributed by atoms with Crippen LogP contribution in [0.25, 0.3) is 0 Å². The Morgan fingerprint density at radius 1 is 1.30 bits per heavy atom. The average Bonchev–Trinajstić information content (AvgIpc) is 1.25. The van der Waals surface area contributed by atoms with Crippen LogP contribution in [0.3, 0.4) is 0 Å². The molecule has 0 bridgehead atoms. The molecule has 1 atom stereocenters. The molecule has 10 heavy (non-hydrogen) atoms. The van der Waals surface area contributed by atoms with E-state index in [2.05, 4.69) is 0 Å². The van der Waals surface area contributed by atoms with Gasteiger partial charge in [-0.05, 0) is 0 Å². The Kier molecular flexibility index (Phi) is 41.6. The van der Waals surface area contributed by atoms with Crippen LogP contribution in [0.15, 0.2) is 0 Å². The third kappa shape index (κ3) is 119. The molecule has 0 aromatic heterocycles. The predicted molar refractivity (Wildman–Crippen MR) is 11.5 cm³/mol. The van der Waals surface area contributed by atoms with Gasteiger partial charge < -0.3 is 21.7 Å². The predicted octanol–water partition coefficient (Wildman–Crippen LogP) is -10.2. The van der Waals surface area contributed by atoms with Crippen molar-refractivity contribution in [2.75, 3.05) is 0 Å². The van der Waals surface area contributed by atoms with Crippen LogP contribution >= 0.6 is 0 Å². The van der Waals surface area contributed by atoms with Crippen LogP contribution in [0.1, 0.15) is 0 Å². The van der Waals surface area contributed by atoms with Gasteiger partial charge in [0.25, 0.3) is 0 Å². The van der Waals surface area contributed by atoms with E-state index in [1.807, 2.05) is 0 Å². The maximum absolute atomic E-state index is 8.56. The molecule has 0 saturated heterocycles. The zero-order valence-electron chi connectivity index (χ0n) is 5.27. The van der Waals surface area contributed by atoms with E-state index in [-0.39, 0.29) is 80.9 Å². The molecule has 0 aliphatic heterocycles. The molecule has 0 aliphatic carbocycles. The fourth-order valence-corrected chi connectivity index (χ4v) is 0. The van der Waals surface area contributed by atoms with Crippen LogP contribution in [-0.2, 0) is 11.4 Å². The summed E-state index contributed by atoms with van der Waals surface area (Å²) in [6.45, 7) is 0. The van der Waals surface area contributed by atoms with Crippen molar-refractivity contribution in [2.45, 2.75) is 0 Å². The van der Waals surface area contributed by atoms with Crippen molar-refractivity contribution in [1.82, 2.24) is 0 Å². The van der Waals surface area contributed by atoms with E-state index in [9.17, 15) is 0 Å². The second-order valence-electron chi connectivity index (χ2n) is 0.406. The Labute approximate surface area is 130 Å². The molecule has 0 aromatic carbocycles. The van der Waals surface area contributed by atoms with Crippen molar-refractivity contribution in [2.24, 2.45) is 0 Å². The van der Waals surface area contributed by atoms with Crippen molar-refractivity contribution in [3.05, 3.63) is 0 Å². The maximum atomic E-state index is 8.56. The third-order valence-corrected chi connectivity index (χ3v) is 0. The van der Waals surface area contributed by atoms with E-state index in [1.54, 1.807) is 0 Å². The zero-order valence-corrected chi connectivity index (χ0v) is 12.8. The number of hydrogen-bond donors (Lipinski definition) is 1. The van der Waals surface area contributed by atoms with Gasteiger partial charge in [-0.1, -0.05) is 0 Å². The Morgan fingerprint density at radius 3 is 1.30 bits per heavy atom. The molecule has 0 spiro atoms. The first-order valence-corrected chi connectivity index (χ1v) is 3.95. The topological polar surface area (TPSA) is 130 Å². The second-order valence-corrected chi connectivity index (χ2v) is 1.63. The summed E-state index contributed by atoms with van der Waals surface area (Å²) in [6, 6.07) is 0. The van der Waals surface area contributed by atoms with Crippen molar-refractivity contribution < 1.29 is 122 Å². The normalized spacial score (nSPS) is 9.80. The molecule has 1 unspecified atom stereocenters. The Morgan fingerprint density at radius 2 is 1.30 bits per heavy atom. The van der Waals surface area contributed by atoms with Gasteiger partial charge in [-0.3, -0.25) is 0 Å². The quantitative estimate of drug-likeness (QED) is 0.344. The van der Waals surface area contributed by atoms with Crippen molar-refractivity contribution in [3.63, 3.8) is 0 Å². The zero-order chi connectivity index (χ0) is 7.15. The van der Waals surface area contributed by atoms with E-state index in [0.29, 0.717) is 0 Å². The molecule has 1 N–H and O–H groups in total. The third-order valence-electron chi connectivity index (χ3n) is 0. The van der Waals surface area contributed by atoms with Gasteiger partial charge in [-0.15, -0.1) is 0 Å². The van der Waals surface area contributed by atoms with Gasteiger partial charge >= 0.3 is 80.9 Å². The molecule has 0 amide bonds. The summed E-state index contributed by atoms with van der Waals surface area (Å²) >= 11 is -6.51. The first kappa shape index (κ1) is 23.1. The van der Waals surface area contributed by atoms with Crippen LogP contribution in [-0.4, -0.2) is 13.3 Å². The molecule has 10 heteroatoms. The molecule has 0 aliphatic rings. The standard InChI is InChI=1S/BrO3.K.Na.H2O3S/c2-1(3)4;;;1-4(2)3/h;;;(H2,1,2,3)/q-1;2*+1;/p-1. The first-order valence-electron chi connectivity index (χ1n) is 0.979. The summed E-state index contributed by atoms with van der Waals surface area (Å²) in [5.74, 6) is 0. The first-order chi connectivity index (χ1) is 3.46. The molecular weight excluding hydrogens is 270 g/mol. The van der Waals surface area contributed by atoms with Crippen molar-refractivity contribution in [3.8, 4) is 0 Å². The molecule has 0 fully saturated rings. The van der Waals surface area contributed by atoms with Gasteiger partial charge in [-0.25, -0.2) is 4.21 Å². The summed E-state index contributed by atoms with van der Waals surface area (Å²) in [5, 5.41) is 0. The van der Waals surface area contributed by atoms with E-state index >= 15 is 0 Å². The van der Waals surface area contributed by atoms with Gasteiger partial charge in [-0.2, -0.15) is 0 Å². The molecule has 0 saturated carbocycles. The molecule has 6 nitrogen and oxygen atoms in total. The Hall–Kier alpha value is 3.07. The van der Waals surface area contributed by atoms with Gasteiger partial charge in [0.1, 0.15) is 0 Å². The van der Waals surface area contributed by atoms with Gasteiger partial charge in [0.15, 0.2) is 0 Å². The Bertz CT molecular complexity index is 62.0. The van der Waals surface area contributed by atoms with Crippen LogP contribution < -0.4 is 93.5 Å². The monoisotopic (exact) mass is 270 g/mol. The van der Waals surface area contributed by atoms with Crippen LogP contribution in [0.4, 0.5) is 0 Å². The van der Waals surface area contributed by atoms with Gasteiger partial charge in [0, 0.05) is 0 Å². The largest absolute Gasteiger partial charge is 1.00 e. The smallest absolute Gasteiger partial charge is 0.750 e. The molecule has 0 heterocycles.